The summed E-state index contributed by atoms with van der Waals surface area (Å²) in [6.07, 6.45) is 0. The Morgan fingerprint density at radius 2 is 1.73 bits per heavy atom. The Morgan fingerprint density at radius 3 is 2.57 bits per heavy atom. The largest absolute Gasteiger partial charge is 0.335 e. The van der Waals surface area contributed by atoms with Crippen LogP contribution in [0.1, 0.15) is 10.5 Å². The van der Waals surface area contributed by atoms with Crippen molar-refractivity contribution in [2.24, 2.45) is 0 Å². The number of aromatic amines is 1. The molecule has 3 N–H and O–H groups in total. The molecule has 0 unspecified atom stereocenters. The van der Waals surface area contributed by atoms with Crippen molar-refractivity contribution in [3.63, 3.8) is 0 Å². The lowest BCUT2D eigenvalue weighted by atomic mass is 10.2. The first kappa shape index (κ1) is 18.3. The summed E-state index contributed by atoms with van der Waals surface area (Å²) < 4.78 is 0. The standard InChI is InChI=1S/C22H21N7O/c30-22(29-12-10-23-11-13-29)18-14-19(28-27-18)25-21-16-8-4-5-9-17(16)24-20(26-21)15-6-2-1-3-7-15/h1-9,14,23H,10-13H2,(H2,24,25,26,27,28). The van der Waals surface area contributed by atoms with Crippen LogP contribution in [0.4, 0.5) is 11.6 Å². The molecule has 1 saturated heterocycles. The molecule has 0 spiro atoms. The van der Waals surface area contributed by atoms with Crippen molar-refractivity contribution < 1.29 is 4.79 Å². The third-order valence-electron chi connectivity index (χ3n) is 5.09. The molecule has 1 fully saturated rings. The average molecular weight is 399 g/mol. The summed E-state index contributed by atoms with van der Waals surface area (Å²) in [6, 6.07) is 19.4. The first-order chi connectivity index (χ1) is 14.8. The summed E-state index contributed by atoms with van der Waals surface area (Å²) in [4.78, 5) is 23.9. The van der Waals surface area contributed by atoms with Crippen molar-refractivity contribution in [2.45, 2.75) is 0 Å². The zero-order chi connectivity index (χ0) is 20.3. The molecule has 30 heavy (non-hydrogen) atoms. The van der Waals surface area contributed by atoms with Gasteiger partial charge in [0.05, 0.1) is 5.52 Å². The minimum absolute atomic E-state index is 0.0467. The molecule has 1 aliphatic rings. The number of carbonyl (C=O) groups is 1. The molecular formula is C22H21N7O. The van der Waals surface area contributed by atoms with E-state index in [-0.39, 0.29) is 5.91 Å². The van der Waals surface area contributed by atoms with Gasteiger partial charge in [-0.2, -0.15) is 5.10 Å². The Balaban J connectivity index is 1.47. The lowest BCUT2D eigenvalue weighted by Gasteiger charge is -2.26. The van der Waals surface area contributed by atoms with Crippen LogP contribution in [0.15, 0.2) is 60.7 Å². The second kappa shape index (κ2) is 7.92. The quantitative estimate of drug-likeness (QED) is 0.488. The smallest absolute Gasteiger partial charge is 0.272 e. The molecule has 8 nitrogen and oxygen atoms in total. The van der Waals surface area contributed by atoms with Gasteiger partial charge in [0.15, 0.2) is 11.6 Å². The SMILES string of the molecule is O=C(c1cc(Nc2nc(-c3ccccc3)nc3ccccc23)n[nH]1)N1CCNCC1. The van der Waals surface area contributed by atoms with Crippen LogP contribution in [0.25, 0.3) is 22.3 Å². The van der Waals surface area contributed by atoms with E-state index in [4.69, 9.17) is 9.97 Å². The van der Waals surface area contributed by atoms with Gasteiger partial charge in [0.1, 0.15) is 11.5 Å². The highest BCUT2D eigenvalue weighted by Crippen LogP contribution is 2.27. The zero-order valence-electron chi connectivity index (χ0n) is 16.3. The van der Waals surface area contributed by atoms with Crippen LogP contribution < -0.4 is 10.6 Å². The molecule has 0 bridgehead atoms. The van der Waals surface area contributed by atoms with Crippen molar-refractivity contribution in [1.29, 1.82) is 0 Å². The van der Waals surface area contributed by atoms with E-state index in [9.17, 15) is 4.79 Å². The molecule has 2 aromatic carbocycles. The third-order valence-corrected chi connectivity index (χ3v) is 5.09. The Kier molecular flexibility index (Phi) is 4.82. The molecule has 5 rings (SSSR count). The second-order valence-electron chi connectivity index (χ2n) is 7.11. The van der Waals surface area contributed by atoms with Crippen molar-refractivity contribution >= 4 is 28.4 Å². The predicted octanol–water partition coefficient (Wildman–Crippen LogP) is 2.81. The van der Waals surface area contributed by atoms with Crippen LogP contribution in [0, 0.1) is 0 Å². The number of hydrogen-bond donors (Lipinski definition) is 3. The maximum atomic E-state index is 12.7. The van der Waals surface area contributed by atoms with E-state index in [1.807, 2.05) is 59.5 Å². The van der Waals surface area contributed by atoms with Gasteiger partial charge in [-0.25, -0.2) is 9.97 Å². The number of benzene rings is 2. The van der Waals surface area contributed by atoms with Crippen molar-refractivity contribution in [2.75, 3.05) is 31.5 Å². The molecule has 1 amide bonds. The molecule has 4 aromatic rings. The number of amides is 1. The molecule has 0 saturated carbocycles. The summed E-state index contributed by atoms with van der Waals surface area (Å²) in [5.74, 6) is 1.77. The number of H-pyrrole nitrogens is 1. The Bertz CT molecular complexity index is 1180. The minimum atomic E-state index is -0.0467. The van der Waals surface area contributed by atoms with Crippen molar-refractivity contribution in [3.05, 3.63) is 66.4 Å². The van der Waals surface area contributed by atoms with Gasteiger partial charge in [0, 0.05) is 43.2 Å². The van der Waals surface area contributed by atoms with Crippen LogP contribution in [0.2, 0.25) is 0 Å². The number of anilines is 2. The fourth-order valence-corrected chi connectivity index (χ4v) is 3.54. The highest BCUT2D eigenvalue weighted by atomic mass is 16.2. The number of nitrogens with zero attached hydrogens (tertiary/aromatic N) is 4. The fourth-order valence-electron chi connectivity index (χ4n) is 3.54. The molecule has 0 radical (unpaired) electrons. The van der Waals surface area contributed by atoms with E-state index >= 15 is 0 Å². The Morgan fingerprint density at radius 1 is 0.967 bits per heavy atom. The Hall–Kier alpha value is -3.78. The second-order valence-corrected chi connectivity index (χ2v) is 7.11. The van der Waals surface area contributed by atoms with E-state index in [2.05, 4.69) is 20.8 Å². The first-order valence-electron chi connectivity index (χ1n) is 9.92. The lowest BCUT2D eigenvalue weighted by molar-refractivity contribution is 0.0730. The number of rotatable bonds is 4. The van der Waals surface area contributed by atoms with Crippen LogP contribution in [0.5, 0.6) is 0 Å². The third kappa shape index (κ3) is 3.60. The van der Waals surface area contributed by atoms with Crippen LogP contribution in [-0.4, -0.2) is 57.2 Å². The molecule has 8 heteroatoms. The summed E-state index contributed by atoms with van der Waals surface area (Å²) >= 11 is 0. The number of carbonyl (C=O) groups excluding carboxylic acids is 1. The van der Waals surface area contributed by atoms with Gasteiger partial charge in [-0.3, -0.25) is 9.89 Å². The monoisotopic (exact) mass is 399 g/mol. The first-order valence-corrected chi connectivity index (χ1v) is 9.92. The molecule has 1 aliphatic heterocycles. The van der Waals surface area contributed by atoms with Crippen molar-refractivity contribution in [1.82, 2.24) is 30.4 Å². The maximum Gasteiger partial charge on any atom is 0.272 e. The number of hydrogen-bond acceptors (Lipinski definition) is 6. The van der Waals surface area contributed by atoms with Crippen LogP contribution in [-0.2, 0) is 0 Å². The number of nitrogens with one attached hydrogen (secondary N) is 3. The average Bonchev–Trinajstić information content (AvgIpc) is 3.28. The van der Waals surface area contributed by atoms with Crippen LogP contribution in [0.3, 0.4) is 0 Å². The number of aromatic nitrogens is 4. The molecule has 2 aromatic heterocycles. The number of piperazine rings is 1. The number of fused-ring (bicyclic) bond motifs is 1. The molecule has 3 heterocycles. The van der Waals surface area contributed by atoms with Crippen LogP contribution >= 0.6 is 0 Å². The summed E-state index contributed by atoms with van der Waals surface area (Å²) in [5, 5.41) is 14.5. The van der Waals surface area contributed by atoms with Gasteiger partial charge in [-0.05, 0) is 12.1 Å². The zero-order valence-corrected chi connectivity index (χ0v) is 16.3. The summed E-state index contributed by atoms with van der Waals surface area (Å²) in [6.45, 7) is 3.00. The summed E-state index contributed by atoms with van der Waals surface area (Å²) in [7, 11) is 0. The van der Waals surface area contributed by atoms with Crippen molar-refractivity contribution in [3.8, 4) is 11.4 Å². The van der Waals surface area contributed by atoms with E-state index in [1.165, 1.54) is 0 Å². The molecule has 150 valence electrons. The highest BCUT2D eigenvalue weighted by Gasteiger charge is 2.20. The van der Waals surface area contributed by atoms with Gasteiger partial charge in [-0.15, -0.1) is 0 Å². The van der Waals surface area contributed by atoms with Gasteiger partial charge in [0.25, 0.3) is 5.91 Å². The van der Waals surface area contributed by atoms with Gasteiger partial charge in [-0.1, -0.05) is 42.5 Å². The normalized spacial score (nSPS) is 14.1. The fraction of sp³-hybridized carbons (Fsp3) is 0.182. The predicted molar refractivity (Wildman–Crippen MR) is 116 cm³/mol. The minimum Gasteiger partial charge on any atom is -0.335 e. The van der Waals surface area contributed by atoms with E-state index in [1.54, 1.807) is 6.07 Å². The summed E-state index contributed by atoms with van der Waals surface area (Å²) in [5.41, 5.74) is 2.23. The topological polar surface area (TPSA) is 98.8 Å². The maximum absolute atomic E-state index is 12.7. The Labute approximate surface area is 173 Å². The van der Waals surface area contributed by atoms with Gasteiger partial charge in [0.2, 0.25) is 0 Å². The molecule has 0 aliphatic carbocycles. The van der Waals surface area contributed by atoms with E-state index in [0.717, 1.165) is 29.6 Å². The number of para-hydroxylation sites is 1. The van der Waals surface area contributed by atoms with E-state index < -0.39 is 0 Å². The molecule has 0 atom stereocenters. The van der Waals surface area contributed by atoms with Gasteiger partial charge < -0.3 is 15.5 Å². The van der Waals surface area contributed by atoms with E-state index in [0.29, 0.717) is 36.2 Å². The molecular weight excluding hydrogens is 378 g/mol. The lowest BCUT2D eigenvalue weighted by Crippen LogP contribution is -2.46. The highest BCUT2D eigenvalue weighted by molar-refractivity contribution is 5.95. The van der Waals surface area contributed by atoms with Gasteiger partial charge >= 0.3 is 0 Å².